The molecule has 0 aliphatic heterocycles. The van der Waals surface area contributed by atoms with Crippen LogP contribution in [0, 0.1) is 5.92 Å². The van der Waals surface area contributed by atoms with E-state index in [1.54, 1.807) is 6.33 Å². The van der Waals surface area contributed by atoms with Crippen molar-refractivity contribution in [3.05, 3.63) is 40.9 Å². The second-order valence-corrected chi connectivity index (χ2v) is 5.53. The molecule has 0 bridgehead atoms. The molecule has 0 fully saturated rings. The van der Waals surface area contributed by atoms with E-state index in [2.05, 4.69) is 45.2 Å². The second-order valence-electron chi connectivity index (χ2n) is 4.62. The number of aromatic nitrogens is 3. The minimum Gasteiger partial charge on any atom is -0.378 e. The normalized spacial score (nSPS) is 10.9. The number of nitrogens with zero attached hydrogens (tertiary/aromatic N) is 3. The molecule has 0 atom stereocenters. The topological polar surface area (TPSA) is 42.7 Å². The fraction of sp³-hybridized carbons (Fsp3) is 0.385. The zero-order valence-electron chi connectivity index (χ0n) is 10.6. The van der Waals surface area contributed by atoms with Crippen molar-refractivity contribution in [1.29, 1.82) is 0 Å². The summed E-state index contributed by atoms with van der Waals surface area (Å²) >= 11 is 3.45. The number of benzene rings is 1. The van der Waals surface area contributed by atoms with Crippen LogP contribution in [0.1, 0.15) is 19.7 Å². The lowest BCUT2D eigenvalue weighted by Gasteiger charge is -2.10. The Hall–Kier alpha value is -1.36. The molecule has 2 aromatic rings. The number of hydrogen-bond donors (Lipinski definition) is 1. The molecule has 1 aromatic heterocycles. The van der Waals surface area contributed by atoms with Crippen LogP contribution in [0.5, 0.6) is 0 Å². The van der Waals surface area contributed by atoms with E-state index in [0.29, 0.717) is 12.5 Å². The highest BCUT2D eigenvalue weighted by Crippen LogP contribution is 2.16. The molecule has 0 amide bonds. The molecule has 1 N–H and O–H groups in total. The highest BCUT2D eigenvalue weighted by molar-refractivity contribution is 9.10. The van der Waals surface area contributed by atoms with E-state index in [-0.39, 0.29) is 0 Å². The van der Waals surface area contributed by atoms with Crippen LogP contribution in [0.2, 0.25) is 0 Å². The van der Waals surface area contributed by atoms with Crippen LogP contribution < -0.4 is 5.32 Å². The van der Waals surface area contributed by atoms with Crippen molar-refractivity contribution in [2.75, 3.05) is 5.32 Å². The summed E-state index contributed by atoms with van der Waals surface area (Å²) in [6, 6.07) is 8.09. The molecule has 0 saturated carbocycles. The summed E-state index contributed by atoms with van der Waals surface area (Å²) in [6.45, 7) is 5.93. The SMILES string of the molecule is CC(C)Cn1ncnc1CNc1cccc(Br)c1. The zero-order chi connectivity index (χ0) is 13.0. The number of rotatable bonds is 5. The van der Waals surface area contributed by atoms with Crippen molar-refractivity contribution >= 4 is 21.6 Å². The van der Waals surface area contributed by atoms with Crippen LogP contribution >= 0.6 is 15.9 Å². The molecular formula is C13H17BrN4. The molecule has 0 saturated heterocycles. The predicted octanol–water partition coefficient (Wildman–Crippen LogP) is 3.31. The Labute approximate surface area is 116 Å². The number of halogens is 1. The summed E-state index contributed by atoms with van der Waals surface area (Å²) in [5.74, 6) is 1.53. The van der Waals surface area contributed by atoms with Gasteiger partial charge >= 0.3 is 0 Å². The molecule has 18 heavy (non-hydrogen) atoms. The first-order valence-corrected chi connectivity index (χ1v) is 6.80. The average molecular weight is 309 g/mol. The predicted molar refractivity (Wildman–Crippen MR) is 76.3 cm³/mol. The van der Waals surface area contributed by atoms with Gasteiger partial charge in [-0.2, -0.15) is 5.10 Å². The Bertz CT molecular complexity index is 507. The van der Waals surface area contributed by atoms with E-state index in [1.807, 2.05) is 28.9 Å². The van der Waals surface area contributed by atoms with Gasteiger partial charge in [0.05, 0.1) is 6.54 Å². The van der Waals surface area contributed by atoms with Gasteiger partial charge in [0.25, 0.3) is 0 Å². The molecule has 0 radical (unpaired) electrons. The zero-order valence-corrected chi connectivity index (χ0v) is 12.2. The Morgan fingerprint density at radius 2 is 2.22 bits per heavy atom. The fourth-order valence-corrected chi connectivity index (χ4v) is 2.10. The van der Waals surface area contributed by atoms with Crippen molar-refractivity contribution in [2.24, 2.45) is 5.92 Å². The van der Waals surface area contributed by atoms with E-state index in [1.165, 1.54) is 0 Å². The van der Waals surface area contributed by atoms with Gasteiger partial charge in [-0.25, -0.2) is 9.67 Å². The smallest absolute Gasteiger partial charge is 0.146 e. The lowest BCUT2D eigenvalue weighted by atomic mass is 10.2. The van der Waals surface area contributed by atoms with Gasteiger partial charge in [0.1, 0.15) is 12.2 Å². The highest BCUT2D eigenvalue weighted by atomic mass is 79.9. The molecule has 96 valence electrons. The third-order valence-corrected chi connectivity index (χ3v) is 3.00. The van der Waals surface area contributed by atoms with Crippen LogP contribution in [0.4, 0.5) is 5.69 Å². The fourth-order valence-electron chi connectivity index (χ4n) is 1.70. The summed E-state index contributed by atoms with van der Waals surface area (Å²) in [7, 11) is 0. The van der Waals surface area contributed by atoms with Gasteiger partial charge in [0.15, 0.2) is 0 Å². The van der Waals surface area contributed by atoms with Gasteiger partial charge in [0, 0.05) is 16.7 Å². The first-order valence-electron chi connectivity index (χ1n) is 6.01. The van der Waals surface area contributed by atoms with E-state index in [9.17, 15) is 0 Å². The molecule has 1 aromatic carbocycles. The van der Waals surface area contributed by atoms with Crippen molar-refractivity contribution in [1.82, 2.24) is 14.8 Å². The summed E-state index contributed by atoms with van der Waals surface area (Å²) in [4.78, 5) is 4.28. The maximum Gasteiger partial charge on any atom is 0.146 e. The standard InChI is InChI=1S/C13H17BrN4/c1-10(2)8-18-13(16-9-17-18)7-15-12-5-3-4-11(14)6-12/h3-6,9-10,15H,7-8H2,1-2H3. The van der Waals surface area contributed by atoms with Crippen LogP contribution in [0.25, 0.3) is 0 Å². The van der Waals surface area contributed by atoms with Gasteiger partial charge in [-0.05, 0) is 24.1 Å². The van der Waals surface area contributed by atoms with Gasteiger partial charge in [0.2, 0.25) is 0 Å². The van der Waals surface area contributed by atoms with Crippen molar-refractivity contribution in [2.45, 2.75) is 26.9 Å². The number of anilines is 1. The Morgan fingerprint density at radius 1 is 1.39 bits per heavy atom. The Balaban J connectivity index is 2.00. The molecule has 0 spiro atoms. The van der Waals surface area contributed by atoms with Gasteiger partial charge in [-0.3, -0.25) is 0 Å². The Kier molecular flexibility index (Phi) is 4.36. The third kappa shape index (κ3) is 3.57. The van der Waals surface area contributed by atoms with Gasteiger partial charge < -0.3 is 5.32 Å². The lowest BCUT2D eigenvalue weighted by Crippen LogP contribution is -2.13. The van der Waals surface area contributed by atoms with Gasteiger partial charge in [-0.1, -0.05) is 35.8 Å². The second kappa shape index (κ2) is 6.00. The van der Waals surface area contributed by atoms with E-state index in [4.69, 9.17) is 0 Å². The third-order valence-electron chi connectivity index (χ3n) is 2.51. The molecular weight excluding hydrogens is 292 g/mol. The summed E-state index contributed by atoms with van der Waals surface area (Å²) in [5, 5.41) is 7.59. The first kappa shape index (κ1) is 13.1. The first-order chi connectivity index (χ1) is 8.65. The van der Waals surface area contributed by atoms with Crippen LogP contribution in [-0.4, -0.2) is 14.8 Å². The van der Waals surface area contributed by atoms with Crippen LogP contribution in [0.15, 0.2) is 35.1 Å². The summed E-state index contributed by atoms with van der Waals surface area (Å²) < 4.78 is 3.02. The van der Waals surface area contributed by atoms with E-state index >= 15 is 0 Å². The monoisotopic (exact) mass is 308 g/mol. The molecule has 5 heteroatoms. The molecule has 1 heterocycles. The van der Waals surface area contributed by atoms with E-state index < -0.39 is 0 Å². The van der Waals surface area contributed by atoms with Crippen LogP contribution in [-0.2, 0) is 13.1 Å². The maximum absolute atomic E-state index is 4.28. The van der Waals surface area contributed by atoms with Gasteiger partial charge in [-0.15, -0.1) is 0 Å². The highest BCUT2D eigenvalue weighted by Gasteiger charge is 2.05. The molecule has 0 aliphatic rings. The minimum absolute atomic E-state index is 0.566. The number of nitrogens with one attached hydrogen (secondary N) is 1. The van der Waals surface area contributed by atoms with Crippen molar-refractivity contribution in [3.8, 4) is 0 Å². The molecule has 4 nitrogen and oxygen atoms in total. The maximum atomic E-state index is 4.28. The molecule has 0 unspecified atom stereocenters. The average Bonchev–Trinajstić information content (AvgIpc) is 2.73. The van der Waals surface area contributed by atoms with Crippen molar-refractivity contribution < 1.29 is 0 Å². The lowest BCUT2D eigenvalue weighted by molar-refractivity contribution is 0.468. The summed E-state index contributed by atoms with van der Waals surface area (Å²) in [6.07, 6.45) is 1.61. The number of hydrogen-bond acceptors (Lipinski definition) is 3. The molecule has 0 aliphatic carbocycles. The summed E-state index contributed by atoms with van der Waals surface area (Å²) in [5.41, 5.74) is 1.07. The van der Waals surface area contributed by atoms with Crippen molar-refractivity contribution in [3.63, 3.8) is 0 Å². The Morgan fingerprint density at radius 3 is 2.94 bits per heavy atom. The van der Waals surface area contributed by atoms with E-state index in [0.717, 1.165) is 22.5 Å². The largest absolute Gasteiger partial charge is 0.378 e. The van der Waals surface area contributed by atoms with Crippen LogP contribution in [0.3, 0.4) is 0 Å². The minimum atomic E-state index is 0.566. The quantitative estimate of drug-likeness (QED) is 0.921. The molecule has 2 rings (SSSR count).